The molecule has 1 aromatic heterocycles. The molecule has 12 nitrogen and oxygen atoms in total. The van der Waals surface area contributed by atoms with Crippen LogP contribution < -0.4 is 69.5 Å². The molecule has 0 bridgehead atoms. The Balaban J connectivity index is 0.00000289. The third-order valence-corrected chi connectivity index (χ3v) is 7.18. The zero-order valence-electron chi connectivity index (χ0n) is 18.0. The van der Waals surface area contributed by atoms with E-state index in [9.17, 15) is 39.5 Å². The van der Waals surface area contributed by atoms with Crippen LogP contribution >= 0.6 is 11.6 Å². The van der Waals surface area contributed by atoms with Crippen molar-refractivity contribution in [2.24, 2.45) is 0 Å². The minimum atomic E-state index is -5.14. The number of sulfone groups is 1. The number of hydrogen-bond donors (Lipinski definition) is 2. The molecule has 0 atom stereocenters. The number of fused-ring (bicyclic) bond motifs is 1. The maximum Gasteiger partial charge on any atom is 1.00 e. The molecule has 0 amide bonds. The second-order valence-electron chi connectivity index (χ2n) is 6.54. The molecule has 0 saturated heterocycles. The van der Waals surface area contributed by atoms with Crippen LogP contribution in [0.15, 0.2) is 39.2 Å². The van der Waals surface area contributed by atoms with Gasteiger partial charge in [0.05, 0.1) is 10.6 Å². The number of hydrogen-bond acceptors (Lipinski definition) is 11. The van der Waals surface area contributed by atoms with E-state index in [0.29, 0.717) is 12.1 Å². The quantitative estimate of drug-likeness (QED) is 0.169. The van der Waals surface area contributed by atoms with Crippen molar-refractivity contribution in [2.45, 2.75) is 21.9 Å². The van der Waals surface area contributed by atoms with E-state index in [-0.39, 0.29) is 81.3 Å². The maximum atomic E-state index is 12.6. The molecular formula is C16H12ClN3Na2O9S3. The fourth-order valence-corrected chi connectivity index (χ4v) is 4.66. The monoisotopic (exact) mass is 567 g/mol. The van der Waals surface area contributed by atoms with Gasteiger partial charge in [-0.15, -0.1) is 0 Å². The normalized spacial score (nSPS) is 12.0. The molecule has 0 aliphatic rings. The Morgan fingerprint density at radius 3 is 2.12 bits per heavy atom. The van der Waals surface area contributed by atoms with Crippen molar-refractivity contribution in [1.29, 1.82) is 0 Å². The van der Waals surface area contributed by atoms with Crippen LogP contribution in [0.4, 0.5) is 11.5 Å². The topological polar surface area (TPSA) is 207 Å². The zero-order chi connectivity index (χ0) is 24.2. The Morgan fingerprint density at radius 2 is 1.62 bits per heavy atom. The summed E-state index contributed by atoms with van der Waals surface area (Å²) >= 11 is 6.13. The van der Waals surface area contributed by atoms with Crippen molar-refractivity contribution in [2.75, 3.05) is 11.6 Å². The summed E-state index contributed by atoms with van der Waals surface area (Å²) in [6, 6.07) is 3.01. The summed E-state index contributed by atoms with van der Waals surface area (Å²) in [6.45, 7) is 1.40. The Hall–Kier alpha value is -0.560. The van der Waals surface area contributed by atoms with E-state index in [1.165, 1.54) is 6.92 Å². The first kappa shape index (κ1) is 31.5. The van der Waals surface area contributed by atoms with Gasteiger partial charge in [-0.1, -0.05) is 23.4 Å². The Morgan fingerprint density at radius 1 is 1.03 bits per heavy atom. The van der Waals surface area contributed by atoms with Crippen LogP contribution in [0.3, 0.4) is 0 Å². The fourth-order valence-electron chi connectivity index (χ4n) is 2.78. The molecule has 0 radical (unpaired) electrons. The standard InChI is InChI=1S/C16H14ClN3O9S3.2Na/c1-7-14(17)15(20-16(18-7)30(2,22)23)19-10-3-4-12(32(27,28)29)9-5-8(31(24,25)26)6-11(21)13(9)10;;/h3-6,21H,1-2H3,(H,18,19,20)(H,24,25,26)(H,27,28,29);;/q;2*+1/p-2. The number of benzene rings is 2. The molecule has 0 aliphatic carbocycles. The van der Waals surface area contributed by atoms with E-state index < -0.39 is 61.5 Å². The van der Waals surface area contributed by atoms with Gasteiger partial charge in [0, 0.05) is 17.3 Å². The molecule has 0 fully saturated rings. The van der Waals surface area contributed by atoms with Gasteiger partial charge in [0.2, 0.25) is 15.0 Å². The molecule has 0 saturated carbocycles. The summed E-state index contributed by atoms with van der Waals surface area (Å²) in [5.74, 6) is -1.32. The molecule has 1 heterocycles. The van der Waals surface area contributed by atoms with Crippen molar-refractivity contribution in [3.8, 4) is 5.75 Å². The molecule has 2 aromatic carbocycles. The molecule has 0 spiro atoms. The van der Waals surface area contributed by atoms with Crippen LogP contribution in [0.2, 0.25) is 5.02 Å². The van der Waals surface area contributed by atoms with Gasteiger partial charge in [-0.2, -0.15) is 13.4 Å². The summed E-state index contributed by atoms with van der Waals surface area (Å²) in [7, 11) is -13.9. The SMILES string of the molecule is Cc1nc(S(C)(=O)=O)nc(Nc2ccc(S(=O)(=O)O)c3cc(S(=O)(=O)[O-])cc([O-])c23)c1Cl.[Na+].[Na+]. The summed E-state index contributed by atoms with van der Waals surface area (Å²) in [4.78, 5) is 5.73. The first-order valence-corrected chi connectivity index (χ1v) is 13.3. The molecule has 34 heavy (non-hydrogen) atoms. The second kappa shape index (κ2) is 10.8. The van der Waals surface area contributed by atoms with Crippen molar-refractivity contribution in [3.63, 3.8) is 0 Å². The molecule has 2 N–H and O–H groups in total. The van der Waals surface area contributed by atoms with E-state index in [4.69, 9.17) is 11.6 Å². The van der Waals surface area contributed by atoms with E-state index >= 15 is 0 Å². The summed E-state index contributed by atoms with van der Waals surface area (Å²) in [5.41, 5.74) is -0.0859. The Kier molecular flexibility index (Phi) is 10.0. The molecule has 172 valence electrons. The minimum Gasteiger partial charge on any atom is -0.872 e. The van der Waals surface area contributed by atoms with E-state index in [1.807, 2.05) is 0 Å². The van der Waals surface area contributed by atoms with Gasteiger partial charge in [0.1, 0.15) is 20.0 Å². The first-order chi connectivity index (χ1) is 14.5. The van der Waals surface area contributed by atoms with Crippen molar-refractivity contribution in [3.05, 3.63) is 35.0 Å². The predicted molar refractivity (Wildman–Crippen MR) is 109 cm³/mol. The molecular weight excluding hydrogens is 556 g/mol. The van der Waals surface area contributed by atoms with Gasteiger partial charge in [-0.25, -0.2) is 21.8 Å². The fraction of sp³-hybridized carbons (Fsp3) is 0.125. The van der Waals surface area contributed by atoms with Crippen LogP contribution in [0.5, 0.6) is 5.75 Å². The average Bonchev–Trinajstić information content (AvgIpc) is 2.62. The average molecular weight is 568 g/mol. The van der Waals surface area contributed by atoms with Crippen LogP contribution in [-0.4, -0.2) is 50.6 Å². The summed E-state index contributed by atoms with van der Waals surface area (Å²) in [6.07, 6.45) is 0.858. The number of nitrogens with one attached hydrogen (secondary N) is 1. The van der Waals surface area contributed by atoms with Gasteiger partial charge >= 0.3 is 59.1 Å². The number of nitrogens with zero attached hydrogens (tertiary/aromatic N) is 2. The van der Waals surface area contributed by atoms with Crippen molar-refractivity contribution in [1.82, 2.24) is 9.97 Å². The number of aromatic nitrogens is 2. The minimum absolute atomic E-state index is 0. The zero-order valence-corrected chi connectivity index (χ0v) is 25.2. The molecule has 0 aliphatic heterocycles. The molecule has 3 aromatic rings. The van der Waals surface area contributed by atoms with E-state index in [2.05, 4.69) is 15.3 Å². The third-order valence-electron chi connectivity index (χ3n) is 4.16. The number of aryl methyl sites for hydroxylation is 1. The van der Waals surface area contributed by atoms with E-state index in [0.717, 1.165) is 18.4 Å². The van der Waals surface area contributed by atoms with Crippen molar-refractivity contribution >= 4 is 64.0 Å². The van der Waals surface area contributed by atoms with E-state index in [1.54, 1.807) is 0 Å². The Bertz CT molecular complexity index is 1610. The summed E-state index contributed by atoms with van der Waals surface area (Å²) < 4.78 is 90.7. The third kappa shape index (κ3) is 6.60. The molecule has 18 heteroatoms. The van der Waals surface area contributed by atoms with Gasteiger partial charge in [-0.05, 0) is 30.5 Å². The summed E-state index contributed by atoms with van der Waals surface area (Å²) in [5, 5.41) is 13.5. The smallest absolute Gasteiger partial charge is 0.872 e. The van der Waals surface area contributed by atoms with Crippen LogP contribution in [0.25, 0.3) is 10.8 Å². The Labute approximate surface area is 244 Å². The van der Waals surface area contributed by atoms with Gasteiger partial charge in [0.15, 0.2) is 5.82 Å². The molecule has 3 rings (SSSR count). The maximum absolute atomic E-state index is 12.6. The van der Waals surface area contributed by atoms with Gasteiger partial charge in [-0.3, -0.25) is 4.55 Å². The predicted octanol–water partition coefficient (Wildman–Crippen LogP) is -5.03. The number of anilines is 2. The van der Waals surface area contributed by atoms with Gasteiger partial charge in [0.25, 0.3) is 10.1 Å². The second-order valence-corrected chi connectivity index (χ2v) is 11.6. The van der Waals surface area contributed by atoms with Crippen LogP contribution in [0.1, 0.15) is 5.69 Å². The first-order valence-electron chi connectivity index (χ1n) is 8.22. The number of halogens is 1. The van der Waals surface area contributed by atoms with Crippen molar-refractivity contribution < 1.29 is 98.6 Å². The van der Waals surface area contributed by atoms with Gasteiger partial charge < -0.3 is 15.0 Å². The van der Waals surface area contributed by atoms with Crippen LogP contribution in [-0.2, 0) is 30.1 Å². The largest absolute Gasteiger partial charge is 1.00 e. The molecule has 0 unspecified atom stereocenters. The van der Waals surface area contributed by atoms with Crippen LogP contribution in [0, 0.1) is 6.92 Å². The number of rotatable bonds is 5.